The van der Waals surface area contributed by atoms with Crippen molar-refractivity contribution < 1.29 is 4.39 Å². The van der Waals surface area contributed by atoms with Gasteiger partial charge >= 0.3 is 0 Å². The summed E-state index contributed by atoms with van der Waals surface area (Å²) in [4.78, 5) is 0. The second kappa shape index (κ2) is 6.06. The summed E-state index contributed by atoms with van der Waals surface area (Å²) in [6, 6.07) is 13.1. The van der Waals surface area contributed by atoms with Crippen molar-refractivity contribution in [3.63, 3.8) is 0 Å². The monoisotopic (exact) mass is 285 g/mol. The van der Waals surface area contributed by atoms with Gasteiger partial charge in [0.05, 0.1) is 16.8 Å². The largest absolute Gasteiger partial charge is 0.380 e. The first-order chi connectivity index (χ1) is 9.63. The Kier molecular flexibility index (Phi) is 4.20. The summed E-state index contributed by atoms with van der Waals surface area (Å²) in [7, 11) is 0. The highest BCUT2D eigenvalue weighted by molar-refractivity contribution is 6.30. The molecule has 98 valence electrons. The fraction of sp³-hybridized carbons (Fsp3) is 0.0667. The van der Waals surface area contributed by atoms with Gasteiger partial charge in [-0.3, -0.25) is 0 Å². The maximum Gasteiger partial charge on any atom is 0.140 e. The Labute approximate surface area is 120 Å². The van der Waals surface area contributed by atoms with Crippen molar-refractivity contribution in [2.75, 3.05) is 5.32 Å². The molecule has 2 aromatic rings. The second-order valence-corrected chi connectivity index (χ2v) is 4.52. The van der Waals surface area contributed by atoms with Gasteiger partial charge in [0.15, 0.2) is 0 Å². The molecule has 0 heterocycles. The smallest absolute Gasteiger partial charge is 0.140 e. The third-order valence-corrected chi connectivity index (χ3v) is 2.97. The topological polar surface area (TPSA) is 59.6 Å². The average molecular weight is 286 g/mol. The molecular weight excluding hydrogens is 277 g/mol. The molecule has 0 bridgehead atoms. The number of anilines is 1. The van der Waals surface area contributed by atoms with Gasteiger partial charge in [-0.2, -0.15) is 10.5 Å². The predicted molar refractivity (Wildman–Crippen MR) is 74.6 cm³/mol. The molecule has 0 amide bonds. The minimum Gasteiger partial charge on any atom is -0.380 e. The highest BCUT2D eigenvalue weighted by Crippen LogP contribution is 2.21. The van der Waals surface area contributed by atoms with E-state index in [-0.39, 0.29) is 5.56 Å². The van der Waals surface area contributed by atoms with E-state index in [9.17, 15) is 4.39 Å². The SMILES string of the molecule is N#Cc1cc(CNc2cc(Cl)ccc2C#N)ccc1F. The van der Waals surface area contributed by atoms with Crippen LogP contribution < -0.4 is 5.32 Å². The van der Waals surface area contributed by atoms with E-state index in [2.05, 4.69) is 11.4 Å². The number of benzene rings is 2. The van der Waals surface area contributed by atoms with Crippen molar-refractivity contribution in [2.45, 2.75) is 6.54 Å². The Balaban J connectivity index is 2.19. The van der Waals surface area contributed by atoms with Crippen LogP contribution in [0.3, 0.4) is 0 Å². The molecule has 0 saturated heterocycles. The number of nitrogens with one attached hydrogen (secondary N) is 1. The van der Waals surface area contributed by atoms with Crippen LogP contribution in [0, 0.1) is 28.5 Å². The van der Waals surface area contributed by atoms with E-state index in [1.54, 1.807) is 30.3 Å². The lowest BCUT2D eigenvalue weighted by atomic mass is 10.1. The third kappa shape index (κ3) is 3.06. The summed E-state index contributed by atoms with van der Waals surface area (Å²) < 4.78 is 13.2. The van der Waals surface area contributed by atoms with Gasteiger partial charge in [-0.05, 0) is 35.9 Å². The zero-order valence-corrected chi connectivity index (χ0v) is 11.1. The van der Waals surface area contributed by atoms with E-state index in [1.807, 2.05) is 0 Å². The minimum atomic E-state index is -0.545. The quantitative estimate of drug-likeness (QED) is 0.932. The zero-order valence-electron chi connectivity index (χ0n) is 10.3. The molecule has 0 unspecified atom stereocenters. The summed E-state index contributed by atoms with van der Waals surface area (Å²) in [6.07, 6.45) is 0. The van der Waals surface area contributed by atoms with E-state index in [0.29, 0.717) is 22.8 Å². The molecule has 0 aliphatic carbocycles. The second-order valence-electron chi connectivity index (χ2n) is 4.08. The molecule has 0 radical (unpaired) electrons. The van der Waals surface area contributed by atoms with E-state index >= 15 is 0 Å². The van der Waals surface area contributed by atoms with Crippen molar-refractivity contribution in [1.29, 1.82) is 10.5 Å². The summed E-state index contributed by atoms with van der Waals surface area (Å²) in [5, 5.41) is 21.3. The lowest BCUT2D eigenvalue weighted by molar-refractivity contribution is 0.623. The van der Waals surface area contributed by atoms with Crippen molar-refractivity contribution >= 4 is 17.3 Å². The fourth-order valence-electron chi connectivity index (χ4n) is 1.73. The first kappa shape index (κ1) is 13.9. The molecule has 0 aromatic heterocycles. The van der Waals surface area contributed by atoms with Crippen LogP contribution in [0.5, 0.6) is 0 Å². The maximum atomic E-state index is 13.2. The Morgan fingerprint density at radius 1 is 1.05 bits per heavy atom. The van der Waals surface area contributed by atoms with Gasteiger partial charge in [0.25, 0.3) is 0 Å². The molecule has 0 aliphatic rings. The highest BCUT2D eigenvalue weighted by Gasteiger charge is 2.05. The van der Waals surface area contributed by atoms with E-state index < -0.39 is 5.82 Å². The summed E-state index contributed by atoms with van der Waals surface area (Å²) in [5.74, 6) is -0.545. The van der Waals surface area contributed by atoms with E-state index in [1.165, 1.54) is 12.1 Å². The predicted octanol–water partition coefficient (Wildman–Crippen LogP) is 3.83. The molecule has 0 saturated carbocycles. The first-order valence-electron chi connectivity index (χ1n) is 5.76. The fourth-order valence-corrected chi connectivity index (χ4v) is 1.90. The van der Waals surface area contributed by atoms with Gasteiger partial charge < -0.3 is 5.32 Å². The van der Waals surface area contributed by atoms with Crippen molar-refractivity contribution in [3.8, 4) is 12.1 Å². The Morgan fingerprint density at radius 2 is 1.80 bits per heavy atom. The Bertz CT molecular complexity index is 729. The first-order valence-corrected chi connectivity index (χ1v) is 6.14. The number of nitrogens with zero attached hydrogens (tertiary/aromatic N) is 2. The van der Waals surface area contributed by atoms with E-state index in [4.69, 9.17) is 22.1 Å². The molecule has 2 rings (SSSR count). The Hall–Kier alpha value is -2.56. The van der Waals surface area contributed by atoms with E-state index in [0.717, 1.165) is 5.56 Å². The van der Waals surface area contributed by atoms with Gasteiger partial charge in [-0.1, -0.05) is 17.7 Å². The van der Waals surface area contributed by atoms with Gasteiger partial charge in [0, 0.05) is 11.6 Å². The van der Waals surface area contributed by atoms with Crippen LogP contribution in [0.1, 0.15) is 16.7 Å². The Morgan fingerprint density at radius 3 is 2.50 bits per heavy atom. The van der Waals surface area contributed by atoms with Crippen molar-refractivity contribution in [2.24, 2.45) is 0 Å². The number of hydrogen-bond donors (Lipinski definition) is 1. The van der Waals surface area contributed by atoms with Crippen LogP contribution >= 0.6 is 11.6 Å². The number of nitriles is 2. The van der Waals surface area contributed by atoms with Crippen LogP contribution in [-0.2, 0) is 6.54 Å². The molecule has 20 heavy (non-hydrogen) atoms. The average Bonchev–Trinajstić information content (AvgIpc) is 2.46. The lowest BCUT2D eigenvalue weighted by Crippen LogP contribution is -2.02. The number of rotatable bonds is 3. The van der Waals surface area contributed by atoms with Crippen LogP contribution in [0.15, 0.2) is 36.4 Å². The molecule has 3 nitrogen and oxygen atoms in total. The molecule has 0 fully saturated rings. The summed E-state index contributed by atoms with van der Waals surface area (Å²) >= 11 is 5.88. The van der Waals surface area contributed by atoms with Gasteiger partial charge in [0.2, 0.25) is 0 Å². The standard InChI is InChI=1S/C15H9ClFN3/c16-13-3-2-11(7-18)15(6-13)20-9-10-1-4-14(17)12(5-10)8-19/h1-6,20H,9H2. The lowest BCUT2D eigenvalue weighted by Gasteiger charge is -2.09. The van der Waals surface area contributed by atoms with Gasteiger partial charge in [-0.15, -0.1) is 0 Å². The van der Waals surface area contributed by atoms with Crippen molar-refractivity contribution in [3.05, 3.63) is 63.9 Å². The summed E-state index contributed by atoms with van der Waals surface area (Å²) in [5.41, 5.74) is 1.81. The highest BCUT2D eigenvalue weighted by atomic mass is 35.5. The molecule has 0 atom stereocenters. The van der Waals surface area contributed by atoms with Gasteiger partial charge in [0.1, 0.15) is 18.0 Å². The van der Waals surface area contributed by atoms with Crippen LogP contribution in [0.2, 0.25) is 5.02 Å². The van der Waals surface area contributed by atoms with Crippen molar-refractivity contribution in [1.82, 2.24) is 0 Å². The van der Waals surface area contributed by atoms with Crippen LogP contribution in [0.25, 0.3) is 0 Å². The summed E-state index contributed by atoms with van der Waals surface area (Å²) in [6.45, 7) is 0.365. The number of hydrogen-bond acceptors (Lipinski definition) is 3. The third-order valence-electron chi connectivity index (χ3n) is 2.74. The minimum absolute atomic E-state index is 0.00380. The number of halogens is 2. The van der Waals surface area contributed by atoms with Gasteiger partial charge in [-0.25, -0.2) is 4.39 Å². The normalized spacial score (nSPS) is 9.60. The molecule has 0 aliphatic heterocycles. The molecule has 5 heteroatoms. The molecule has 2 aromatic carbocycles. The van der Waals surface area contributed by atoms with Crippen LogP contribution in [0.4, 0.5) is 10.1 Å². The zero-order chi connectivity index (χ0) is 14.5. The van der Waals surface area contributed by atoms with Crippen LogP contribution in [-0.4, -0.2) is 0 Å². The maximum absolute atomic E-state index is 13.2. The molecular formula is C15H9ClFN3. The molecule has 0 spiro atoms. The molecule has 1 N–H and O–H groups in total.